The monoisotopic (exact) mass is 822 g/mol. The van der Waals surface area contributed by atoms with Gasteiger partial charge in [-0.2, -0.15) is 27.4 Å². The van der Waals surface area contributed by atoms with Gasteiger partial charge in [-0.3, -0.25) is 0 Å². The highest BCUT2D eigenvalue weighted by atomic mass is 19.1. The van der Waals surface area contributed by atoms with E-state index in [4.69, 9.17) is 30.1 Å². The fourth-order valence-electron chi connectivity index (χ4n) is 3.20. The molecule has 0 spiro atoms. The number of nitrogens with zero attached hydrogens (tertiary/aromatic N) is 6. The van der Waals surface area contributed by atoms with Crippen LogP contribution in [0, 0.1) is 0 Å². The topological polar surface area (TPSA) is 162 Å². The first-order valence-electron chi connectivity index (χ1n) is 17.2. The molecule has 0 N–H and O–H groups in total. The molecule has 0 amide bonds. The number of pyridine rings is 6. The van der Waals surface area contributed by atoms with Crippen LogP contribution in [0.1, 0.15) is 0 Å². The Labute approximate surface area is 352 Å². The summed E-state index contributed by atoms with van der Waals surface area (Å²) in [6, 6.07) is 35.4. The molecular weight excluding hydrogens is 774 g/mol. The third-order valence-electron chi connectivity index (χ3n) is 5.70. The molecule has 0 atom stereocenters. The summed E-state index contributed by atoms with van der Waals surface area (Å²) >= 11 is 0. The highest BCUT2D eigenvalue weighted by molar-refractivity contribution is 6.27. The van der Waals surface area contributed by atoms with Gasteiger partial charge in [0.2, 0.25) is 0 Å². The molecule has 0 fully saturated rings. The van der Waals surface area contributed by atoms with Crippen LogP contribution in [-0.4, -0.2) is 22.2 Å². The van der Waals surface area contributed by atoms with E-state index in [1.807, 2.05) is 211 Å². The van der Waals surface area contributed by atoms with Crippen molar-refractivity contribution in [2.45, 2.75) is 0 Å². The van der Waals surface area contributed by atoms with Gasteiger partial charge in [0.15, 0.2) is 112 Å². The van der Waals surface area contributed by atoms with Crippen molar-refractivity contribution in [2.75, 3.05) is 0 Å². The summed E-state index contributed by atoms with van der Waals surface area (Å²) in [5.74, 6) is 0. The van der Waals surface area contributed by atoms with Crippen LogP contribution in [-0.2, 0) is 0 Å². The molecule has 0 saturated carbocycles. The molecule has 6 heterocycles. The van der Waals surface area contributed by atoms with Gasteiger partial charge in [-0.15, -0.1) is 0 Å². The van der Waals surface area contributed by atoms with Crippen molar-refractivity contribution in [2.24, 2.45) is 0 Å². The zero-order valence-electron chi connectivity index (χ0n) is 33.0. The van der Waals surface area contributed by atoms with Gasteiger partial charge >= 0.3 is 0 Å². The summed E-state index contributed by atoms with van der Waals surface area (Å²) < 4.78 is 41.0. The van der Waals surface area contributed by atoms with Crippen LogP contribution < -0.4 is 57.5 Å². The molecular formula is C42H48B3F3N6O6. The lowest BCUT2D eigenvalue weighted by Gasteiger charge is -2.09. The van der Waals surface area contributed by atoms with Gasteiger partial charge in [0.05, 0.1) is 0 Å². The van der Waals surface area contributed by atoms with Crippen LogP contribution in [0.3, 0.4) is 0 Å². The minimum absolute atomic E-state index is 1.75. The van der Waals surface area contributed by atoms with Crippen molar-refractivity contribution in [1.29, 1.82) is 0 Å². The van der Waals surface area contributed by atoms with Gasteiger partial charge < -0.3 is 43.1 Å². The fourth-order valence-corrected chi connectivity index (χ4v) is 3.20. The lowest BCUT2D eigenvalue weighted by Crippen LogP contribution is -2.39. The molecule has 0 saturated heterocycles. The third-order valence-corrected chi connectivity index (χ3v) is 5.70. The molecule has 0 aliphatic rings. The Morgan fingerprint density at radius 2 is 0.333 bits per heavy atom. The molecule has 6 rings (SSSR count). The minimum atomic E-state index is -3.17. The molecule has 312 valence electrons. The van der Waals surface area contributed by atoms with Gasteiger partial charge in [-0.25, -0.2) is 0 Å². The maximum absolute atomic E-state index is 9.89. The Morgan fingerprint density at radius 1 is 0.250 bits per heavy atom. The fraction of sp³-hybridized carbons (Fsp3) is 0. The first-order valence-corrected chi connectivity index (χ1v) is 17.2. The molecule has 0 aromatic carbocycles. The molecule has 0 aliphatic carbocycles. The minimum Gasteiger partial charge on any atom is -0.867 e. The predicted molar refractivity (Wildman–Crippen MR) is 219 cm³/mol. The van der Waals surface area contributed by atoms with E-state index in [1.165, 1.54) is 0 Å². The molecule has 0 aliphatic heterocycles. The number of hydrogen-bond donors (Lipinski definition) is 0. The second kappa shape index (κ2) is 43.2. The van der Waals surface area contributed by atoms with Gasteiger partial charge in [-0.1, -0.05) is 36.4 Å². The van der Waals surface area contributed by atoms with Gasteiger partial charge in [0.25, 0.3) is 0 Å². The normalized spacial score (nSPS) is 8.15. The molecule has 12 nitrogen and oxygen atoms in total. The number of hydrogen-bond acceptors (Lipinski definition) is 6. The van der Waals surface area contributed by atoms with Crippen molar-refractivity contribution in [3.8, 4) is 0 Å². The average molecular weight is 822 g/mol. The van der Waals surface area contributed by atoms with E-state index in [0.717, 1.165) is 0 Å². The second-order valence-electron chi connectivity index (χ2n) is 9.85. The molecule has 0 unspecified atom stereocenters. The summed E-state index contributed by atoms with van der Waals surface area (Å²) in [6.07, 6.45) is 33.8. The molecule has 18 heteroatoms. The zero-order chi connectivity index (χ0) is 45.7. The van der Waals surface area contributed by atoms with E-state index in [-0.39, 0.29) is 0 Å². The van der Waals surface area contributed by atoms with E-state index < -0.39 is 22.2 Å². The molecule has 60 heavy (non-hydrogen) atoms. The summed E-state index contributed by atoms with van der Waals surface area (Å²) in [7, 11) is -9.50. The molecule has 0 bridgehead atoms. The van der Waals surface area contributed by atoms with E-state index in [2.05, 4.69) is 39.5 Å². The van der Waals surface area contributed by atoms with E-state index >= 15 is 0 Å². The van der Waals surface area contributed by atoms with Gasteiger partial charge in [-0.05, 0) is 39.5 Å². The molecule has 6 aromatic rings. The van der Waals surface area contributed by atoms with Crippen LogP contribution >= 0.6 is 0 Å². The Kier molecular flexibility index (Phi) is 41.3. The van der Waals surface area contributed by atoms with E-state index in [1.54, 1.807) is 37.2 Å². The van der Waals surface area contributed by atoms with Crippen LogP contribution in [0.5, 0.6) is 0 Å². The van der Waals surface area contributed by atoms with Gasteiger partial charge in [0.1, 0.15) is 22.2 Å². The van der Waals surface area contributed by atoms with Crippen molar-refractivity contribution in [1.82, 2.24) is 0 Å². The maximum Gasteiger partial charge on any atom is 0.174 e. The quantitative estimate of drug-likeness (QED) is 0.162. The largest absolute Gasteiger partial charge is 0.867 e. The summed E-state index contributed by atoms with van der Waals surface area (Å²) in [6.45, 7) is 21.6. The van der Waals surface area contributed by atoms with Crippen molar-refractivity contribution < 1.29 is 70.5 Å². The Balaban J connectivity index is -0.000000618. The van der Waals surface area contributed by atoms with E-state index in [9.17, 15) is 12.9 Å². The Morgan fingerprint density at radius 3 is 0.383 bits per heavy atom. The average Bonchev–Trinajstić information content (AvgIpc) is 3.28. The smallest absolute Gasteiger partial charge is 0.174 e. The van der Waals surface area contributed by atoms with Crippen LogP contribution in [0.15, 0.2) is 223 Å². The highest BCUT2D eigenvalue weighted by Crippen LogP contribution is 1.78. The summed E-state index contributed by atoms with van der Waals surface area (Å²) in [5.41, 5.74) is 0. The number of aromatic nitrogens is 6. The zero-order valence-corrected chi connectivity index (χ0v) is 33.0. The van der Waals surface area contributed by atoms with Crippen LogP contribution in [0.25, 0.3) is 37.2 Å². The molecule has 6 aromatic heterocycles. The van der Waals surface area contributed by atoms with Gasteiger partial charge in [0, 0.05) is 72.8 Å². The summed E-state index contributed by atoms with van der Waals surface area (Å²) in [5, 5.41) is 49.8. The SMILES string of the molecule is C=C[n+]1ccccc1.C=C[n+]1ccccc1.C=C[n+]1ccccc1.C=C[n+]1ccccc1.C=C[n+]1ccccc1.C=C[n+]1ccccc1.[O-]B([O-])F.[O-]B([O-])F.[O-]B([O-])F. The predicted octanol–water partition coefficient (Wildman–Crippen LogP) is -0.568. The summed E-state index contributed by atoms with van der Waals surface area (Å²) in [4.78, 5) is 0. The number of halogens is 3. The lowest BCUT2D eigenvalue weighted by atomic mass is 10.3. The second-order valence-corrected chi connectivity index (χ2v) is 9.85. The van der Waals surface area contributed by atoms with Crippen molar-refractivity contribution >= 4 is 59.4 Å². The third kappa shape index (κ3) is 45.5. The standard InChI is InChI=1S/6C7H8N.3BFO2/c6*1-2-8-6-4-3-5-7-8;3*2-1(3)4/h6*2-7H,1H2;;;/q6*+1;3*-2. The maximum atomic E-state index is 9.89. The van der Waals surface area contributed by atoms with Crippen LogP contribution in [0.4, 0.5) is 12.9 Å². The Hall–Kier alpha value is -6.92. The molecule has 0 radical (unpaired) electrons. The van der Waals surface area contributed by atoms with Crippen molar-refractivity contribution in [3.05, 3.63) is 223 Å². The number of rotatable bonds is 6. The highest BCUT2D eigenvalue weighted by Gasteiger charge is 1.86. The first-order chi connectivity index (χ1) is 28.8. The lowest BCUT2D eigenvalue weighted by molar-refractivity contribution is -0.568. The van der Waals surface area contributed by atoms with Crippen molar-refractivity contribution in [3.63, 3.8) is 0 Å². The van der Waals surface area contributed by atoms with Crippen LogP contribution in [0.2, 0.25) is 0 Å². The Bertz CT molecular complexity index is 1530. The van der Waals surface area contributed by atoms with E-state index in [0.29, 0.717) is 0 Å². The first kappa shape index (κ1) is 57.4.